The molecule has 1 aromatic carbocycles. The van der Waals surface area contributed by atoms with Gasteiger partial charge in [0, 0.05) is 26.2 Å². The zero-order chi connectivity index (χ0) is 22.7. The van der Waals surface area contributed by atoms with Gasteiger partial charge in [0.15, 0.2) is 17.3 Å². The fraction of sp³-hybridized carbons (Fsp3) is 0.391. The molecule has 2 aromatic rings. The van der Waals surface area contributed by atoms with Crippen LogP contribution in [0.15, 0.2) is 47.0 Å². The first kappa shape index (κ1) is 22.3. The minimum Gasteiger partial charge on any atom is -0.504 e. The summed E-state index contributed by atoms with van der Waals surface area (Å²) < 4.78 is 10.6. The third kappa shape index (κ3) is 4.36. The van der Waals surface area contributed by atoms with Crippen LogP contribution < -0.4 is 4.74 Å². The van der Waals surface area contributed by atoms with Crippen LogP contribution in [0, 0.1) is 0 Å². The van der Waals surface area contributed by atoms with Crippen LogP contribution in [0.2, 0.25) is 0 Å². The molecular weight excluding hydrogens is 432 g/mol. The largest absolute Gasteiger partial charge is 0.504 e. The molecule has 170 valence electrons. The van der Waals surface area contributed by atoms with Gasteiger partial charge in [-0.15, -0.1) is 11.3 Å². The van der Waals surface area contributed by atoms with Gasteiger partial charge in [-0.25, -0.2) is 0 Å². The molecule has 2 N–H and O–H groups in total. The average Bonchev–Trinajstić information content (AvgIpc) is 3.43. The van der Waals surface area contributed by atoms with Crippen molar-refractivity contribution in [3.05, 3.63) is 57.5 Å². The summed E-state index contributed by atoms with van der Waals surface area (Å²) >= 11 is 1.26. The number of aliphatic hydroxyl groups is 1. The van der Waals surface area contributed by atoms with Crippen molar-refractivity contribution in [2.24, 2.45) is 0 Å². The number of morpholine rings is 1. The van der Waals surface area contributed by atoms with Gasteiger partial charge in [0.05, 0.1) is 36.8 Å². The highest BCUT2D eigenvalue weighted by Gasteiger charge is 2.44. The van der Waals surface area contributed by atoms with Gasteiger partial charge in [-0.2, -0.15) is 0 Å². The second-order valence-corrected chi connectivity index (χ2v) is 8.66. The van der Waals surface area contributed by atoms with Crippen molar-refractivity contribution in [1.82, 2.24) is 9.80 Å². The lowest BCUT2D eigenvalue weighted by atomic mass is 9.95. The molecule has 9 heteroatoms. The smallest absolute Gasteiger partial charge is 0.290 e. The minimum atomic E-state index is -0.767. The number of rotatable bonds is 8. The molecule has 0 radical (unpaired) electrons. The number of benzene rings is 1. The van der Waals surface area contributed by atoms with Crippen LogP contribution in [0.5, 0.6) is 11.5 Å². The molecule has 8 nitrogen and oxygen atoms in total. The molecule has 2 aliphatic heterocycles. The Balaban J connectivity index is 1.64. The summed E-state index contributed by atoms with van der Waals surface area (Å²) in [5.41, 5.74) is 0.639. The Morgan fingerprint density at radius 3 is 2.69 bits per heavy atom. The zero-order valence-electron chi connectivity index (χ0n) is 17.8. The van der Waals surface area contributed by atoms with Gasteiger partial charge in [0.25, 0.3) is 5.91 Å². The summed E-state index contributed by atoms with van der Waals surface area (Å²) in [4.78, 5) is 30.5. The SMILES string of the molecule is COc1cc([C@H]2C(C(=O)c3cccs3)=C(O)C(=O)N2CCCN2CCOCC2)ccc1O. The number of amides is 1. The van der Waals surface area contributed by atoms with E-state index in [1.165, 1.54) is 29.4 Å². The van der Waals surface area contributed by atoms with Crippen molar-refractivity contribution in [1.29, 1.82) is 0 Å². The zero-order valence-corrected chi connectivity index (χ0v) is 18.6. The number of carbonyl (C=O) groups excluding carboxylic acids is 2. The van der Waals surface area contributed by atoms with Crippen molar-refractivity contribution in [3.63, 3.8) is 0 Å². The second kappa shape index (κ2) is 9.72. The van der Waals surface area contributed by atoms with Crippen LogP contribution in [-0.4, -0.2) is 78.2 Å². The van der Waals surface area contributed by atoms with E-state index in [0.29, 0.717) is 36.6 Å². The molecule has 1 saturated heterocycles. The van der Waals surface area contributed by atoms with E-state index in [2.05, 4.69) is 4.90 Å². The number of nitrogens with zero attached hydrogens (tertiary/aromatic N) is 2. The molecule has 0 aliphatic carbocycles. The van der Waals surface area contributed by atoms with Crippen molar-refractivity contribution < 1.29 is 29.3 Å². The van der Waals surface area contributed by atoms with Crippen molar-refractivity contribution in [2.75, 3.05) is 46.5 Å². The van der Waals surface area contributed by atoms with Crippen LogP contribution in [0.1, 0.15) is 27.7 Å². The summed E-state index contributed by atoms with van der Waals surface area (Å²) in [7, 11) is 1.43. The molecular formula is C23H26N2O6S. The molecule has 0 bridgehead atoms. The van der Waals surface area contributed by atoms with E-state index in [1.807, 2.05) is 0 Å². The van der Waals surface area contributed by atoms with E-state index in [9.17, 15) is 19.8 Å². The lowest BCUT2D eigenvalue weighted by molar-refractivity contribution is -0.129. The average molecular weight is 459 g/mol. The number of methoxy groups -OCH3 is 1. The molecule has 4 rings (SSSR count). The van der Waals surface area contributed by atoms with Crippen molar-refractivity contribution in [2.45, 2.75) is 12.5 Å². The Bertz CT molecular complexity index is 1010. The number of ketones is 1. The molecule has 0 saturated carbocycles. The third-order valence-electron chi connectivity index (χ3n) is 5.79. The topological polar surface area (TPSA) is 99.5 Å². The predicted octanol–water partition coefficient (Wildman–Crippen LogP) is 2.76. The van der Waals surface area contributed by atoms with Gasteiger partial charge >= 0.3 is 0 Å². The molecule has 2 aliphatic rings. The molecule has 32 heavy (non-hydrogen) atoms. The number of hydrogen-bond donors (Lipinski definition) is 2. The van der Waals surface area contributed by atoms with E-state index >= 15 is 0 Å². The molecule has 1 amide bonds. The van der Waals surface area contributed by atoms with Gasteiger partial charge in [0.2, 0.25) is 5.78 Å². The molecule has 1 atom stereocenters. The molecule has 3 heterocycles. The van der Waals surface area contributed by atoms with Gasteiger partial charge < -0.3 is 24.6 Å². The normalized spacial score (nSPS) is 19.6. The summed E-state index contributed by atoms with van der Waals surface area (Å²) in [6.45, 7) is 4.24. The summed E-state index contributed by atoms with van der Waals surface area (Å²) in [6.07, 6.45) is 0.686. The van der Waals surface area contributed by atoms with Crippen LogP contribution in [0.25, 0.3) is 0 Å². The van der Waals surface area contributed by atoms with E-state index in [0.717, 1.165) is 19.6 Å². The standard InChI is InChI=1S/C23H26N2O6S/c1-30-17-14-15(5-6-16(17)26)20-19(21(27)18-4-2-13-32-18)22(28)23(29)25(20)8-3-7-24-9-11-31-12-10-24/h2,4-6,13-14,20,26,28H,3,7-12H2,1H3/t20-/m0/s1. The first-order valence-electron chi connectivity index (χ1n) is 10.5. The van der Waals surface area contributed by atoms with Crippen LogP contribution >= 0.6 is 11.3 Å². The third-order valence-corrected chi connectivity index (χ3v) is 6.66. The van der Waals surface area contributed by atoms with Crippen LogP contribution in [-0.2, 0) is 9.53 Å². The maximum atomic E-state index is 13.2. The first-order chi connectivity index (χ1) is 15.5. The number of hydrogen-bond acceptors (Lipinski definition) is 8. The van der Waals surface area contributed by atoms with Gasteiger partial charge in [-0.3, -0.25) is 14.5 Å². The summed E-state index contributed by atoms with van der Waals surface area (Å²) in [5, 5.41) is 22.5. The number of ether oxygens (including phenoxy) is 2. The molecule has 1 aromatic heterocycles. The number of phenols is 1. The van der Waals surface area contributed by atoms with Crippen LogP contribution in [0.4, 0.5) is 0 Å². The highest BCUT2D eigenvalue weighted by atomic mass is 32.1. The summed E-state index contributed by atoms with van der Waals surface area (Å²) in [6, 6.07) is 7.37. The van der Waals surface area contributed by atoms with Crippen molar-refractivity contribution in [3.8, 4) is 11.5 Å². The lowest BCUT2D eigenvalue weighted by Crippen LogP contribution is -2.39. The van der Waals surface area contributed by atoms with Gasteiger partial charge in [-0.05, 0) is 35.6 Å². The number of Topliss-reactive ketones (excluding diaryl/α,β-unsaturated/α-hetero) is 1. The summed E-state index contributed by atoms with van der Waals surface area (Å²) in [5.74, 6) is -1.27. The highest BCUT2D eigenvalue weighted by Crippen LogP contribution is 2.41. The lowest BCUT2D eigenvalue weighted by Gasteiger charge is -2.30. The fourth-order valence-corrected chi connectivity index (χ4v) is 4.83. The number of aliphatic hydroxyl groups excluding tert-OH is 1. The number of thiophene rings is 1. The van der Waals surface area contributed by atoms with Crippen LogP contribution in [0.3, 0.4) is 0 Å². The van der Waals surface area contributed by atoms with E-state index in [-0.39, 0.29) is 22.9 Å². The maximum Gasteiger partial charge on any atom is 0.290 e. The Kier molecular flexibility index (Phi) is 6.78. The number of aromatic hydroxyl groups is 1. The molecule has 0 unspecified atom stereocenters. The Hall–Kier alpha value is -2.88. The van der Waals surface area contributed by atoms with E-state index in [4.69, 9.17) is 9.47 Å². The van der Waals surface area contributed by atoms with Crippen molar-refractivity contribution >= 4 is 23.0 Å². The fourth-order valence-electron chi connectivity index (χ4n) is 4.16. The van der Waals surface area contributed by atoms with E-state index in [1.54, 1.807) is 29.6 Å². The number of carbonyl (C=O) groups is 2. The Labute approximate surface area is 190 Å². The highest BCUT2D eigenvalue weighted by molar-refractivity contribution is 7.12. The quantitative estimate of drug-likeness (QED) is 0.587. The predicted molar refractivity (Wildman–Crippen MR) is 119 cm³/mol. The first-order valence-corrected chi connectivity index (χ1v) is 11.4. The maximum absolute atomic E-state index is 13.2. The second-order valence-electron chi connectivity index (χ2n) is 7.71. The molecule has 1 fully saturated rings. The molecule has 0 spiro atoms. The number of phenolic OH excluding ortho intramolecular Hbond substituents is 1. The van der Waals surface area contributed by atoms with Gasteiger partial charge in [0.1, 0.15) is 0 Å². The Morgan fingerprint density at radius 2 is 2.00 bits per heavy atom. The Morgan fingerprint density at radius 1 is 1.22 bits per heavy atom. The minimum absolute atomic E-state index is 0.0428. The van der Waals surface area contributed by atoms with E-state index < -0.39 is 17.7 Å². The monoisotopic (exact) mass is 458 g/mol. The van der Waals surface area contributed by atoms with Gasteiger partial charge in [-0.1, -0.05) is 12.1 Å².